The summed E-state index contributed by atoms with van der Waals surface area (Å²) in [5.41, 5.74) is 4.05. The Balaban J connectivity index is 1.87. The van der Waals surface area contributed by atoms with Crippen LogP contribution in [0.25, 0.3) is 0 Å². The molecule has 0 spiro atoms. The number of phenols is 2. The quantitative estimate of drug-likeness (QED) is 0.705. The molecule has 2 N–H and O–H groups in total. The Labute approximate surface area is 157 Å². The maximum atomic E-state index is 10.7. The number of aromatic hydroxyl groups is 2. The molecular formula is C23H34O3. The lowest BCUT2D eigenvalue weighted by atomic mass is 9.43. The fourth-order valence-electron chi connectivity index (χ4n) is 7.56. The minimum atomic E-state index is 0.00345. The van der Waals surface area contributed by atoms with Crippen LogP contribution >= 0.6 is 0 Å². The Morgan fingerprint density at radius 2 is 1.81 bits per heavy atom. The lowest BCUT2D eigenvalue weighted by Crippen LogP contribution is -2.55. The molecule has 4 atom stereocenters. The third-order valence-corrected chi connectivity index (χ3v) is 8.53. The van der Waals surface area contributed by atoms with Gasteiger partial charge in [0, 0.05) is 12.7 Å². The van der Waals surface area contributed by atoms with E-state index in [0.29, 0.717) is 23.4 Å². The highest BCUT2D eigenvalue weighted by molar-refractivity contribution is 5.59. The van der Waals surface area contributed by atoms with Crippen molar-refractivity contribution in [3.63, 3.8) is 0 Å². The average molecular weight is 359 g/mol. The van der Waals surface area contributed by atoms with E-state index in [1.165, 1.54) is 31.2 Å². The highest BCUT2D eigenvalue weighted by atomic mass is 16.5. The molecule has 26 heavy (non-hydrogen) atoms. The molecule has 0 radical (unpaired) electrons. The zero-order valence-corrected chi connectivity index (χ0v) is 17.0. The van der Waals surface area contributed by atoms with Crippen molar-refractivity contribution in [3.8, 4) is 11.5 Å². The number of rotatable bonds is 2. The van der Waals surface area contributed by atoms with Crippen LogP contribution in [0, 0.1) is 22.7 Å². The van der Waals surface area contributed by atoms with Gasteiger partial charge < -0.3 is 14.9 Å². The molecule has 4 rings (SSSR count). The highest BCUT2D eigenvalue weighted by Gasteiger charge is 2.61. The fraction of sp³-hybridized carbons (Fsp3) is 0.739. The maximum absolute atomic E-state index is 10.7. The van der Waals surface area contributed by atoms with Gasteiger partial charge in [0.05, 0.1) is 6.61 Å². The van der Waals surface area contributed by atoms with Gasteiger partial charge in [-0.05, 0) is 77.4 Å². The smallest absolute Gasteiger partial charge is 0.161 e. The van der Waals surface area contributed by atoms with Gasteiger partial charge in [-0.3, -0.25) is 0 Å². The fourth-order valence-corrected chi connectivity index (χ4v) is 7.56. The van der Waals surface area contributed by atoms with E-state index < -0.39 is 0 Å². The maximum Gasteiger partial charge on any atom is 0.161 e. The number of methoxy groups -OCH3 is 1. The molecule has 2 saturated carbocycles. The van der Waals surface area contributed by atoms with E-state index in [0.717, 1.165) is 29.9 Å². The van der Waals surface area contributed by atoms with E-state index in [1.54, 1.807) is 13.2 Å². The van der Waals surface area contributed by atoms with Gasteiger partial charge in [0.25, 0.3) is 0 Å². The molecule has 3 heteroatoms. The third kappa shape index (κ3) is 2.22. The molecule has 0 saturated heterocycles. The molecule has 3 aliphatic rings. The van der Waals surface area contributed by atoms with Gasteiger partial charge >= 0.3 is 0 Å². The summed E-state index contributed by atoms with van der Waals surface area (Å²) in [4.78, 5) is 0. The third-order valence-electron chi connectivity index (χ3n) is 8.53. The zero-order chi connectivity index (χ0) is 18.9. The molecule has 0 aliphatic heterocycles. The van der Waals surface area contributed by atoms with Gasteiger partial charge in [-0.1, -0.05) is 34.1 Å². The average Bonchev–Trinajstić information content (AvgIpc) is 2.87. The van der Waals surface area contributed by atoms with Crippen molar-refractivity contribution in [2.75, 3.05) is 7.11 Å². The number of hydrogen-bond donors (Lipinski definition) is 2. The number of hydrogen-bond acceptors (Lipinski definition) is 3. The number of benzene rings is 1. The number of fused-ring (bicyclic) bond motifs is 5. The van der Waals surface area contributed by atoms with Gasteiger partial charge in [0.1, 0.15) is 0 Å². The zero-order valence-electron chi connectivity index (χ0n) is 17.0. The minimum Gasteiger partial charge on any atom is -0.504 e. The highest BCUT2D eigenvalue weighted by Crippen LogP contribution is 2.68. The second-order valence-corrected chi connectivity index (χ2v) is 10.3. The molecule has 0 aromatic heterocycles. The van der Waals surface area contributed by atoms with Crippen molar-refractivity contribution in [2.24, 2.45) is 22.7 Å². The van der Waals surface area contributed by atoms with Crippen LogP contribution < -0.4 is 0 Å². The summed E-state index contributed by atoms with van der Waals surface area (Å²) in [7, 11) is 1.70. The second-order valence-electron chi connectivity index (χ2n) is 10.3. The van der Waals surface area contributed by atoms with Crippen LogP contribution in [0.2, 0.25) is 0 Å². The Kier molecular flexibility index (Phi) is 3.94. The molecular weight excluding hydrogens is 324 g/mol. The summed E-state index contributed by atoms with van der Waals surface area (Å²) >= 11 is 0. The van der Waals surface area contributed by atoms with E-state index in [9.17, 15) is 10.2 Å². The molecule has 1 aromatic carbocycles. The van der Waals surface area contributed by atoms with Gasteiger partial charge in [-0.2, -0.15) is 0 Å². The number of phenolic OH excluding ortho intramolecular Hbond substituents is 2. The van der Waals surface area contributed by atoms with Crippen LogP contribution in [-0.2, 0) is 23.2 Å². The Morgan fingerprint density at radius 1 is 1.08 bits per heavy atom. The van der Waals surface area contributed by atoms with Crippen LogP contribution in [0.15, 0.2) is 6.07 Å². The lowest BCUT2D eigenvalue weighted by molar-refractivity contribution is -0.0985. The molecule has 3 aliphatic carbocycles. The van der Waals surface area contributed by atoms with E-state index in [2.05, 4.69) is 27.7 Å². The Morgan fingerprint density at radius 3 is 2.50 bits per heavy atom. The summed E-state index contributed by atoms with van der Waals surface area (Å²) < 4.78 is 5.44. The summed E-state index contributed by atoms with van der Waals surface area (Å²) in [6, 6.07) is 1.73. The van der Waals surface area contributed by atoms with E-state index in [4.69, 9.17) is 4.74 Å². The van der Waals surface area contributed by atoms with Gasteiger partial charge in [-0.15, -0.1) is 0 Å². The summed E-state index contributed by atoms with van der Waals surface area (Å²) in [5.74, 6) is 1.36. The molecule has 0 unspecified atom stereocenters. The molecule has 0 heterocycles. The molecule has 0 bridgehead atoms. The number of ether oxygens (including phenoxy) is 1. The Bertz CT molecular complexity index is 737. The van der Waals surface area contributed by atoms with Crippen LogP contribution in [0.3, 0.4) is 0 Å². The molecule has 1 aromatic rings. The van der Waals surface area contributed by atoms with Crippen molar-refractivity contribution < 1.29 is 14.9 Å². The normalized spacial score (nSPS) is 37.7. The SMILES string of the molecule is COCc1cc(O)c(O)c2c1[C@@]1(C)CC[C@H]3C(C)(C)CCC[C@]3(C)[C@H]1C2. The topological polar surface area (TPSA) is 49.7 Å². The summed E-state index contributed by atoms with van der Waals surface area (Å²) in [6.45, 7) is 10.3. The minimum absolute atomic E-state index is 0.00345. The predicted molar refractivity (Wildman–Crippen MR) is 103 cm³/mol. The predicted octanol–water partition coefficient (Wildman–Crippen LogP) is 5.30. The second kappa shape index (κ2) is 5.64. The van der Waals surface area contributed by atoms with Crippen molar-refractivity contribution in [2.45, 2.75) is 78.2 Å². The van der Waals surface area contributed by atoms with Crippen molar-refractivity contribution in [3.05, 3.63) is 22.8 Å². The van der Waals surface area contributed by atoms with Crippen molar-refractivity contribution in [1.29, 1.82) is 0 Å². The summed E-state index contributed by atoms with van der Waals surface area (Å²) in [6.07, 6.45) is 7.20. The monoisotopic (exact) mass is 358 g/mol. The van der Waals surface area contributed by atoms with Crippen molar-refractivity contribution in [1.82, 2.24) is 0 Å². The molecule has 3 nitrogen and oxygen atoms in total. The largest absolute Gasteiger partial charge is 0.504 e. The van der Waals surface area contributed by atoms with Gasteiger partial charge in [-0.25, -0.2) is 0 Å². The standard InChI is InChI=1S/C23H34O3/c1-21(2)8-6-9-22(3)17(21)7-10-23(4)18(22)12-15-19(23)14(13-26-5)11-16(24)20(15)25/h11,17-18,24-25H,6-10,12-13H2,1-5H3/t17-,18+,22-,23-/m0/s1. The molecule has 144 valence electrons. The first-order chi connectivity index (χ1) is 12.1. The van der Waals surface area contributed by atoms with Gasteiger partial charge in [0.15, 0.2) is 11.5 Å². The molecule has 0 amide bonds. The van der Waals surface area contributed by atoms with E-state index >= 15 is 0 Å². The van der Waals surface area contributed by atoms with Crippen LogP contribution in [0.4, 0.5) is 0 Å². The van der Waals surface area contributed by atoms with Gasteiger partial charge in [0.2, 0.25) is 0 Å². The summed E-state index contributed by atoms with van der Waals surface area (Å²) in [5, 5.41) is 20.9. The van der Waals surface area contributed by atoms with Crippen LogP contribution in [0.1, 0.15) is 76.5 Å². The van der Waals surface area contributed by atoms with Crippen LogP contribution in [0.5, 0.6) is 11.5 Å². The first kappa shape index (κ1) is 18.2. The lowest BCUT2D eigenvalue weighted by Gasteiger charge is -2.61. The van der Waals surface area contributed by atoms with Crippen molar-refractivity contribution >= 4 is 0 Å². The first-order valence-electron chi connectivity index (χ1n) is 10.2. The Hall–Kier alpha value is -1.22. The molecule has 2 fully saturated rings. The van der Waals surface area contributed by atoms with E-state index in [1.807, 2.05) is 0 Å². The van der Waals surface area contributed by atoms with E-state index in [-0.39, 0.29) is 16.9 Å². The van der Waals surface area contributed by atoms with Crippen LogP contribution in [-0.4, -0.2) is 17.3 Å². The first-order valence-corrected chi connectivity index (χ1v) is 10.2.